The Bertz CT molecular complexity index is 502. The van der Waals surface area contributed by atoms with Crippen LogP contribution >= 0.6 is 23.4 Å². The van der Waals surface area contributed by atoms with Gasteiger partial charge in [-0.2, -0.15) is 11.8 Å². The minimum atomic E-state index is -3.28. The van der Waals surface area contributed by atoms with Crippen LogP contribution in [0.1, 0.15) is 24.5 Å². The Hall–Kier alpha value is -0.230. The molecular weight excluding hydrogens is 314 g/mol. The van der Waals surface area contributed by atoms with Crippen LogP contribution < -0.4 is 0 Å². The van der Waals surface area contributed by atoms with Gasteiger partial charge in [0.25, 0.3) is 0 Å². The van der Waals surface area contributed by atoms with Crippen LogP contribution in [0, 0.1) is 0 Å². The molecule has 1 unspecified atom stereocenters. The van der Waals surface area contributed by atoms with E-state index in [2.05, 4.69) is 0 Å². The van der Waals surface area contributed by atoms with E-state index >= 15 is 0 Å². The number of alkyl halides is 1. The van der Waals surface area contributed by atoms with E-state index in [0.717, 1.165) is 23.3 Å². The van der Waals surface area contributed by atoms with Crippen molar-refractivity contribution in [2.24, 2.45) is 0 Å². The molecule has 0 saturated heterocycles. The van der Waals surface area contributed by atoms with Crippen molar-refractivity contribution >= 4 is 33.4 Å². The summed E-state index contributed by atoms with van der Waals surface area (Å²) in [5.74, 6) is 1.30. The number of benzene rings is 1. The Kier molecular flexibility index (Phi) is 7.37. The van der Waals surface area contributed by atoms with E-state index < -0.39 is 10.0 Å². The van der Waals surface area contributed by atoms with Crippen molar-refractivity contribution in [1.82, 2.24) is 4.31 Å². The van der Waals surface area contributed by atoms with Crippen molar-refractivity contribution in [3.05, 3.63) is 35.4 Å². The highest BCUT2D eigenvalue weighted by Crippen LogP contribution is 2.17. The Labute approximate surface area is 131 Å². The van der Waals surface area contributed by atoms with Crippen molar-refractivity contribution in [2.75, 3.05) is 19.1 Å². The van der Waals surface area contributed by atoms with Crippen molar-refractivity contribution < 1.29 is 8.42 Å². The quantitative estimate of drug-likeness (QED) is 0.684. The summed E-state index contributed by atoms with van der Waals surface area (Å²) in [6.07, 6.45) is 2.82. The Morgan fingerprint density at radius 2 is 1.80 bits per heavy atom. The largest absolute Gasteiger partial charge is 0.218 e. The molecule has 0 aliphatic carbocycles. The summed E-state index contributed by atoms with van der Waals surface area (Å²) < 4.78 is 26.4. The molecule has 0 N–H and O–H groups in total. The molecule has 1 aromatic carbocycles. The number of halogens is 1. The van der Waals surface area contributed by atoms with Gasteiger partial charge in [0.15, 0.2) is 0 Å². The highest BCUT2D eigenvalue weighted by Gasteiger charge is 2.24. The lowest BCUT2D eigenvalue weighted by Gasteiger charge is -2.26. The predicted octanol–water partition coefficient (Wildman–Crippen LogP) is 3.33. The van der Waals surface area contributed by atoms with Crippen molar-refractivity contribution in [3.63, 3.8) is 0 Å². The van der Waals surface area contributed by atoms with Gasteiger partial charge in [-0.25, -0.2) is 12.7 Å². The van der Waals surface area contributed by atoms with Crippen molar-refractivity contribution in [2.45, 2.75) is 31.0 Å². The van der Waals surface area contributed by atoms with Crippen LogP contribution in [0.25, 0.3) is 0 Å². The first kappa shape index (κ1) is 17.8. The fraction of sp³-hybridized carbons (Fsp3) is 0.571. The van der Waals surface area contributed by atoms with Crippen LogP contribution in [-0.4, -0.2) is 37.8 Å². The third-order valence-electron chi connectivity index (χ3n) is 3.31. The second-order valence-corrected chi connectivity index (χ2v) is 7.95. The third kappa shape index (κ3) is 4.95. The van der Waals surface area contributed by atoms with Gasteiger partial charge in [-0.1, -0.05) is 31.2 Å². The molecule has 0 heterocycles. The maximum absolute atomic E-state index is 12.4. The van der Waals surface area contributed by atoms with E-state index in [-0.39, 0.29) is 11.8 Å². The van der Waals surface area contributed by atoms with E-state index in [9.17, 15) is 8.42 Å². The number of hydrogen-bond donors (Lipinski definition) is 0. The zero-order chi connectivity index (χ0) is 15.2. The smallest absolute Gasteiger partial charge is 0.212 e. The van der Waals surface area contributed by atoms with Gasteiger partial charge in [0.2, 0.25) is 10.0 Å². The second kappa shape index (κ2) is 8.27. The summed E-state index contributed by atoms with van der Waals surface area (Å²) in [4.78, 5) is 0. The lowest BCUT2D eigenvalue weighted by molar-refractivity contribution is 0.385. The molecule has 0 saturated carbocycles. The summed E-state index contributed by atoms with van der Waals surface area (Å²) in [7, 11) is -1.61. The molecule has 0 fully saturated rings. The zero-order valence-corrected chi connectivity index (χ0v) is 14.6. The van der Waals surface area contributed by atoms with Gasteiger partial charge in [-0.3, -0.25) is 0 Å². The standard InChI is InChI=1S/C14H22ClNO2S2/c1-4-14(10-19-3)16(2)20(17,18)11-13-7-5-12(9-15)6-8-13/h5-8,14H,4,9-11H2,1-3H3. The van der Waals surface area contributed by atoms with Crippen LogP contribution in [0.15, 0.2) is 24.3 Å². The van der Waals surface area contributed by atoms with E-state index in [0.29, 0.717) is 5.88 Å². The molecule has 0 bridgehead atoms. The first-order chi connectivity index (χ1) is 9.44. The summed E-state index contributed by atoms with van der Waals surface area (Å²) >= 11 is 7.40. The molecule has 114 valence electrons. The van der Waals surface area contributed by atoms with Crippen molar-refractivity contribution in [1.29, 1.82) is 0 Å². The third-order valence-corrected chi connectivity index (χ3v) is 6.21. The van der Waals surface area contributed by atoms with Crippen LogP contribution in [-0.2, 0) is 21.7 Å². The maximum atomic E-state index is 12.4. The fourth-order valence-corrected chi connectivity index (χ4v) is 4.55. The molecule has 0 spiro atoms. The van der Waals surface area contributed by atoms with Crippen LogP contribution in [0.4, 0.5) is 0 Å². The van der Waals surface area contributed by atoms with Gasteiger partial charge in [0, 0.05) is 24.7 Å². The van der Waals surface area contributed by atoms with Crippen molar-refractivity contribution in [3.8, 4) is 0 Å². The summed E-state index contributed by atoms with van der Waals surface area (Å²) in [6, 6.07) is 7.46. The first-order valence-electron chi connectivity index (χ1n) is 6.53. The maximum Gasteiger partial charge on any atom is 0.218 e. The molecule has 1 atom stereocenters. The highest BCUT2D eigenvalue weighted by atomic mass is 35.5. The SMILES string of the molecule is CCC(CSC)N(C)S(=O)(=O)Cc1ccc(CCl)cc1. The first-order valence-corrected chi connectivity index (χ1v) is 10.1. The van der Waals surface area contributed by atoms with E-state index in [1.54, 1.807) is 18.8 Å². The molecule has 0 aromatic heterocycles. The topological polar surface area (TPSA) is 37.4 Å². The Morgan fingerprint density at radius 1 is 1.25 bits per heavy atom. The van der Waals surface area contributed by atoms with E-state index in [1.807, 2.05) is 37.4 Å². The van der Waals surface area contributed by atoms with Gasteiger partial charge in [-0.15, -0.1) is 11.6 Å². The average Bonchev–Trinajstić information content (AvgIpc) is 2.44. The molecule has 20 heavy (non-hydrogen) atoms. The van der Waals surface area contributed by atoms with E-state index in [4.69, 9.17) is 11.6 Å². The highest BCUT2D eigenvalue weighted by molar-refractivity contribution is 7.98. The van der Waals surface area contributed by atoms with Gasteiger partial charge in [0.05, 0.1) is 5.75 Å². The summed E-state index contributed by atoms with van der Waals surface area (Å²) in [5.41, 5.74) is 1.79. The predicted molar refractivity (Wildman–Crippen MR) is 88.8 cm³/mol. The number of sulfonamides is 1. The monoisotopic (exact) mass is 335 g/mol. The van der Waals surface area contributed by atoms with Crippen LogP contribution in [0.2, 0.25) is 0 Å². The molecular formula is C14H22ClNO2S2. The fourth-order valence-electron chi connectivity index (χ4n) is 1.94. The normalized spacial score (nSPS) is 13.7. The summed E-state index contributed by atoms with van der Waals surface area (Å²) in [5, 5.41) is 0. The van der Waals surface area contributed by atoms with Crippen LogP contribution in [0.5, 0.6) is 0 Å². The minimum Gasteiger partial charge on any atom is -0.212 e. The average molecular weight is 336 g/mol. The zero-order valence-electron chi connectivity index (χ0n) is 12.2. The number of nitrogens with zero attached hydrogens (tertiary/aromatic N) is 1. The lowest BCUT2D eigenvalue weighted by atomic mass is 10.2. The van der Waals surface area contributed by atoms with Gasteiger partial charge < -0.3 is 0 Å². The minimum absolute atomic E-state index is 0.0386. The molecule has 0 aliphatic heterocycles. The van der Waals surface area contributed by atoms with Gasteiger partial charge >= 0.3 is 0 Å². The summed E-state index contributed by atoms with van der Waals surface area (Å²) in [6.45, 7) is 2.02. The van der Waals surface area contributed by atoms with E-state index in [1.165, 1.54) is 4.31 Å². The number of rotatable bonds is 8. The molecule has 1 rings (SSSR count). The molecule has 0 aliphatic rings. The Balaban J connectivity index is 2.81. The molecule has 6 heteroatoms. The second-order valence-electron chi connectivity index (χ2n) is 4.74. The Morgan fingerprint density at radius 3 is 2.25 bits per heavy atom. The molecule has 3 nitrogen and oxygen atoms in total. The number of hydrogen-bond acceptors (Lipinski definition) is 3. The van der Waals surface area contributed by atoms with Gasteiger partial charge in [-0.05, 0) is 23.8 Å². The molecule has 0 amide bonds. The lowest BCUT2D eigenvalue weighted by Crippen LogP contribution is -2.38. The molecule has 1 aromatic rings. The molecule has 0 radical (unpaired) electrons. The van der Waals surface area contributed by atoms with Gasteiger partial charge in [0.1, 0.15) is 0 Å². The number of thioether (sulfide) groups is 1. The van der Waals surface area contributed by atoms with Crippen LogP contribution in [0.3, 0.4) is 0 Å².